The standard InChI is InChI=1S/C30H35ClN2O4/c1-3-4-10-19-32-30(35)27(20-23-11-6-5-7-12-23)33(21-24-15-17-25(36-2)18-16-24)29(34)22-37-28-14-9-8-13-26(28)31/h5-9,11-18,27H,3-4,10,19-22H2,1-2H3,(H,32,35)/t27-/m0/s1. The van der Waals surface area contributed by atoms with Crippen molar-refractivity contribution in [3.63, 3.8) is 0 Å². The molecule has 0 fully saturated rings. The van der Waals surface area contributed by atoms with Gasteiger partial charge in [0.25, 0.3) is 5.91 Å². The quantitative estimate of drug-likeness (QED) is 0.277. The summed E-state index contributed by atoms with van der Waals surface area (Å²) >= 11 is 6.22. The van der Waals surface area contributed by atoms with Crippen LogP contribution in [-0.2, 0) is 22.6 Å². The van der Waals surface area contributed by atoms with E-state index in [1.165, 1.54) is 0 Å². The molecule has 3 aromatic carbocycles. The van der Waals surface area contributed by atoms with Gasteiger partial charge in [0, 0.05) is 19.5 Å². The van der Waals surface area contributed by atoms with Crippen LogP contribution in [0, 0.1) is 0 Å². The Kier molecular flexibility index (Phi) is 11.3. The van der Waals surface area contributed by atoms with E-state index in [0.29, 0.717) is 23.7 Å². The number of nitrogens with one attached hydrogen (secondary N) is 1. The van der Waals surface area contributed by atoms with Gasteiger partial charge in [-0.2, -0.15) is 0 Å². The van der Waals surface area contributed by atoms with E-state index < -0.39 is 6.04 Å². The van der Waals surface area contributed by atoms with Crippen molar-refractivity contribution in [3.05, 3.63) is 95.0 Å². The largest absolute Gasteiger partial charge is 0.497 e. The maximum atomic E-state index is 13.6. The molecule has 0 bridgehead atoms. The van der Waals surface area contributed by atoms with Crippen molar-refractivity contribution in [2.24, 2.45) is 0 Å². The van der Waals surface area contributed by atoms with E-state index >= 15 is 0 Å². The Morgan fingerprint density at radius 2 is 1.62 bits per heavy atom. The highest BCUT2D eigenvalue weighted by molar-refractivity contribution is 6.32. The van der Waals surface area contributed by atoms with Crippen molar-refractivity contribution in [1.82, 2.24) is 10.2 Å². The molecule has 0 saturated carbocycles. The van der Waals surface area contributed by atoms with E-state index in [9.17, 15) is 9.59 Å². The van der Waals surface area contributed by atoms with Crippen LogP contribution in [0.1, 0.15) is 37.3 Å². The zero-order valence-electron chi connectivity index (χ0n) is 21.5. The van der Waals surface area contributed by atoms with Crippen LogP contribution in [0.5, 0.6) is 11.5 Å². The number of hydrogen-bond acceptors (Lipinski definition) is 4. The zero-order valence-corrected chi connectivity index (χ0v) is 22.2. The summed E-state index contributed by atoms with van der Waals surface area (Å²) in [6.07, 6.45) is 3.37. The van der Waals surface area contributed by atoms with Crippen LogP contribution < -0.4 is 14.8 Å². The van der Waals surface area contributed by atoms with E-state index in [1.807, 2.05) is 54.6 Å². The van der Waals surface area contributed by atoms with Gasteiger partial charge < -0.3 is 19.7 Å². The number of hydrogen-bond donors (Lipinski definition) is 1. The summed E-state index contributed by atoms with van der Waals surface area (Å²) in [4.78, 5) is 28.7. The number of ether oxygens (including phenoxy) is 2. The Labute approximate surface area is 224 Å². The average Bonchev–Trinajstić information content (AvgIpc) is 2.93. The maximum Gasteiger partial charge on any atom is 0.261 e. The van der Waals surface area contributed by atoms with Crippen LogP contribution in [-0.4, -0.2) is 43.0 Å². The van der Waals surface area contributed by atoms with E-state index in [4.69, 9.17) is 21.1 Å². The Morgan fingerprint density at radius 1 is 0.919 bits per heavy atom. The van der Waals surface area contributed by atoms with Gasteiger partial charge in [0.15, 0.2) is 6.61 Å². The minimum absolute atomic E-state index is 0.181. The summed E-state index contributed by atoms with van der Waals surface area (Å²) in [6.45, 7) is 2.69. The van der Waals surface area contributed by atoms with Gasteiger partial charge in [0.05, 0.1) is 12.1 Å². The topological polar surface area (TPSA) is 67.9 Å². The molecule has 1 N–H and O–H groups in total. The van der Waals surface area contributed by atoms with E-state index in [1.54, 1.807) is 36.3 Å². The molecule has 0 aliphatic rings. The molecule has 0 aliphatic heterocycles. The number of para-hydroxylation sites is 1. The Morgan fingerprint density at radius 3 is 2.30 bits per heavy atom. The second-order valence-electron chi connectivity index (χ2n) is 8.79. The highest BCUT2D eigenvalue weighted by Gasteiger charge is 2.30. The molecular weight excluding hydrogens is 488 g/mol. The lowest BCUT2D eigenvalue weighted by atomic mass is 10.0. The highest BCUT2D eigenvalue weighted by Crippen LogP contribution is 2.24. The summed E-state index contributed by atoms with van der Waals surface area (Å²) in [6, 6.07) is 23.5. The van der Waals surface area contributed by atoms with Crippen molar-refractivity contribution in [2.45, 2.75) is 45.2 Å². The number of benzene rings is 3. The zero-order chi connectivity index (χ0) is 26.5. The number of halogens is 1. The third-order valence-corrected chi connectivity index (χ3v) is 6.36. The van der Waals surface area contributed by atoms with E-state index in [2.05, 4.69) is 12.2 Å². The van der Waals surface area contributed by atoms with Gasteiger partial charge in [-0.1, -0.05) is 86.0 Å². The SMILES string of the molecule is CCCCCNC(=O)[C@H](Cc1ccccc1)N(Cc1ccc(OC)cc1)C(=O)COc1ccccc1Cl. The lowest BCUT2D eigenvalue weighted by Crippen LogP contribution is -2.51. The fourth-order valence-corrected chi connectivity index (χ4v) is 4.16. The fourth-order valence-electron chi connectivity index (χ4n) is 3.97. The summed E-state index contributed by atoms with van der Waals surface area (Å²) in [5, 5.41) is 3.47. The van der Waals surface area contributed by atoms with Gasteiger partial charge >= 0.3 is 0 Å². The first kappa shape index (κ1) is 28.1. The van der Waals surface area contributed by atoms with E-state index in [-0.39, 0.29) is 25.0 Å². The predicted octanol–water partition coefficient (Wildman–Crippen LogP) is 5.67. The number of methoxy groups -OCH3 is 1. The van der Waals surface area contributed by atoms with Crippen molar-refractivity contribution >= 4 is 23.4 Å². The van der Waals surface area contributed by atoms with Gasteiger partial charge in [0.1, 0.15) is 17.5 Å². The average molecular weight is 523 g/mol. The number of rotatable bonds is 14. The van der Waals surface area contributed by atoms with Gasteiger partial charge in [-0.15, -0.1) is 0 Å². The number of carbonyl (C=O) groups is 2. The van der Waals surface area contributed by atoms with Crippen LogP contribution in [0.2, 0.25) is 5.02 Å². The smallest absolute Gasteiger partial charge is 0.261 e. The first-order valence-corrected chi connectivity index (χ1v) is 13.0. The molecule has 0 unspecified atom stereocenters. The first-order chi connectivity index (χ1) is 18.0. The molecule has 0 aliphatic carbocycles. The third kappa shape index (κ3) is 8.83. The molecule has 0 spiro atoms. The van der Waals surface area contributed by atoms with Crippen LogP contribution >= 0.6 is 11.6 Å². The molecule has 0 heterocycles. The molecule has 2 amide bonds. The molecular formula is C30H35ClN2O4. The van der Waals surface area contributed by atoms with Gasteiger partial charge in [-0.05, 0) is 41.8 Å². The lowest BCUT2D eigenvalue weighted by Gasteiger charge is -2.31. The molecule has 1 atom stereocenters. The van der Waals surface area contributed by atoms with Crippen LogP contribution in [0.15, 0.2) is 78.9 Å². The number of unbranched alkanes of at least 4 members (excludes halogenated alkanes) is 2. The monoisotopic (exact) mass is 522 g/mol. The molecule has 3 rings (SSSR count). The third-order valence-electron chi connectivity index (χ3n) is 6.05. The molecule has 7 heteroatoms. The van der Waals surface area contributed by atoms with Gasteiger partial charge in [-0.3, -0.25) is 9.59 Å². The minimum atomic E-state index is -0.714. The second kappa shape index (κ2) is 14.9. The molecule has 196 valence electrons. The normalized spacial score (nSPS) is 11.4. The fraction of sp³-hybridized carbons (Fsp3) is 0.333. The predicted molar refractivity (Wildman–Crippen MR) is 147 cm³/mol. The van der Waals surface area contributed by atoms with Crippen LogP contribution in [0.4, 0.5) is 0 Å². The summed E-state index contributed by atoms with van der Waals surface area (Å²) in [7, 11) is 1.61. The Hall–Kier alpha value is -3.51. The molecule has 0 saturated heterocycles. The maximum absolute atomic E-state index is 13.6. The summed E-state index contributed by atoms with van der Waals surface area (Å²) in [5.74, 6) is 0.656. The van der Waals surface area contributed by atoms with Crippen molar-refractivity contribution in [2.75, 3.05) is 20.3 Å². The minimum Gasteiger partial charge on any atom is -0.497 e. The van der Waals surface area contributed by atoms with Crippen molar-refractivity contribution in [3.8, 4) is 11.5 Å². The molecule has 37 heavy (non-hydrogen) atoms. The van der Waals surface area contributed by atoms with E-state index in [0.717, 1.165) is 36.1 Å². The molecule has 0 radical (unpaired) electrons. The molecule has 6 nitrogen and oxygen atoms in total. The van der Waals surface area contributed by atoms with Crippen molar-refractivity contribution < 1.29 is 19.1 Å². The van der Waals surface area contributed by atoms with Crippen molar-refractivity contribution in [1.29, 1.82) is 0 Å². The lowest BCUT2D eigenvalue weighted by molar-refractivity contribution is -0.142. The number of amides is 2. The molecule has 3 aromatic rings. The highest BCUT2D eigenvalue weighted by atomic mass is 35.5. The Balaban J connectivity index is 1.87. The van der Waals surface area contributed by atoms with Crippen LogP contribution in [0.3, 0.4) is 0 Å². The number of carbonyl (C=O) groups excluding carboxylic acids is 2. The first-order valence-electron chi connectivity index (χ1n) is 12.6. The van der Waals surface area contributed by atoms with Gasteiger partial charge in [-0.25, -0.2) is 0 Å². The Bertz CT molecular complexity index is 1120. The second-order valence-corrected chi connectivity index (χ2v) is 9.20. The summed E-state index contributed by atoms with van der Waals surface area (Å²) in [5.41, 5.74) is 1.85. The van der Waals surface area contributed by atoms with Gasteiger partial charge in [0.2, 0.25) is 5.91 Å². The van der Waals surface area contributed by atoms with Crippen LogP contribution in [0.25, 0.3) is 0 Å². The summed E-state index contributed by atoms with van der Waals surface area (Å²) < 4.78 is 11.0. The molecule has 0 aromatic heterocycles. The number of nitrogens with zero attached hydrogens (tertiary/aromatic N) is 1.